The van der Waals surface area contributed by atoms with Crippen LogP contribution in [0.4, 0.5) is 0 Å². The van der Waals surface area contributed by atoms with E-state index >= 15 is 0 Å². The third-order valence-corrected chi connectivity index (χ3v) is 1.20. The van der Waals surface area contributed by atoms with Crippen molar-refractivity contribution in [3.05, 3.63) is 0 Å². The molecule has 0 amide bonds. The Morgan fingerprint density at radius 3 is 1.08 bits per heavy atom. The first kappa shape index (κ1) is 9.85. The Labute approximate surface area is 71.2 Å². The van der Waals surface area contributed by atoms with Crippen LogP contribution in [0.15, 0.2) is 0 Å². The summed E-state index contributed by atoms with van der Waals surface area (Å²) in [6, 6.07) is 0.0543. The quantitative estimate of drug-likeness (QED) is 0.587. The molecule has 1 saturated heterocycles. The predicted octanol–water partition coefficient (Wildman–Crippen LogP) is 0.977. The molecule has 0 atom stereocenters. The Bertz CT molecular complexity index is 118. The minimum Gasteiger partial charge on any atom is -0.0897 e. The highest BCUT2D eigenvalue weighted by atomic mass is 17.6. The summed E-state index contributed by atoms with van der Waals surface area (Å²) in [4.78, 5) is 18.9. The molecular formula is C6H14N2O4. The summed E-state index contributed by atoms with van der Waals surface area (Å²) in [6.45, 7) is 7.49. The van der Waals surface area contributed by atoms with Crippen LogP contribution < -0.4 is 0 Å². The van der Waals surface area contributed by atoms with Crippen LogP contribution in [0.25, 0.3) is 0 Å². The molecule has 0 saturated carbocycles. The Morgan fingerprint density at radius 1 is 0.667 bits per heavy atom. The van der Waals surface area contributed by atoms with Crippen molar-refractivity contribution in [2.75, 3.05) is 0 Å². The maximum absolute atomic E-state index is 4.73. The highest BCUT2D eigenvalue weighted by Gasteiger charge is 2.26. The van der Waals surface area contributed by atoms with Gasteiger partial charge in [-0.25, -0.2) is 0 Å². The fourth-order valence-electron chi connectivity index (χ4n) is 0.501. The van der Waals surface area contributed by atoms with Crippen molar-refractivity contribution in [3.63, 3.8) is 0 Å². The van der Waals surface area contributed by atoms with Gasteiger partial charge in [-0.3, -0.25) is 0 Å². The van der Waals surface area contributed by atoms with Crippen molar-refractivity contribution in [1.82, 2.24) is 10.5 Å². The van der Waals surface area contributed by atoms with Crippen molar-refractivity contribution >= 4 is 0 Å². The van der Waals surface area contributed by atoms with Crippen LogP contribution in [0.1, 0.15) is 27.7 Å². The van der Waals surface area contributed by atoms with Crippen LogP contribution >= 0.6 is 0 Å². The van der Waals surface area contributed by atoms with Gasteiger partial charge in [0, 0.05) is 10.5 Å². The largest absolute Gasteiger partial charge is 0.0897 e. The first-order valence-electron chi connectivity index (χ1n) is 3.89. The fraction of sp³-hybridized carbons (Fsp3) is 1.00. The van der Waals surface area contributed by atoms with E-state index in [2.05, 4.69) is 0 Å². The Morgan fingerprint density at radius 2 is 0.917 bits per heavy atom. The molecule has 0 aromatic carbocycles. The van der Waals surface area contributed by atoms with Gasteiger partial charge in [0.2, 0.25) is 0 Å². The average Bonchev–Trinajstić information content (AvgIpc) is 2.04. The Balaban J connectivity index is 2.30. The summed E-state index contributed by atoms with van der Waals surface area (Å²) in [6.07, 6.45) is 0. The molecule has 1 aliphatic rings. The fourth-order valence-corrected chi connectivity index (χ4v) is 0.501. The molecule has 0 aromatic heterocycles. The van der Waals surface area contributed by atoms with E-state index in [0.29, 0.717) is 0 Å². The molecule has 0 unspecified atom stereocenters. The standard InChI is InChI=1S/C6H14N2O4/c1-5(2)7-9-11-8(6(3)4)12-10-7/h5-6H,1-4H3. The van der Waals surface area contributed by atoms with Gasteiger partial charge < -0.3 is 0 Å². The zero-order valence-corrected chi connectivity index (χ0v) is 7.68. The average molecular weight is 178 g/mol. The molecule has 6 heteroatoms. The molecule has 0 bridgehead atoms. The molecule has 0 spiro atoms. The molecule has 0 aromatic rings. The van der Waals surface area contributed by atoms with Crippen molar-refractivity contribution in [3.8, 4) is 0 Å². The predicted molar refractivity (Wildman–Crippen MR) is 38.3 cm³/mol. The van der Waals surface area contributed by atoms with E-state index in [1.54, 1.807) is 0 Å². The number of hydrogen-bond donors (Lipinski definition) is 0. The maximum Gasteiger partial charge on any atom is 0.0634 e. The molecule has 6 nitrogen and oxygen atoms in total. The summed E-state index contributed by atoms with van der Waals surface area (Å²) in [5, 5.41) is 2.22. The molecule has 0 N–H and O–H groups in total. The lowest BCUT2D eigenvalue weighted by atomic mass is 10.4. The Kier molecular flexibility index (Phi) is 3.39. The van der Waals surface area contributed by atoms with E-state index in [1.165, 1.54) is 0 Å². The van der Waals surface area contributed by atoms with Crippen molar-refractivity contribution in [1.29, 1.82) is 0 Å². The van der Waals surface area contributed by atoms with Gasteiger partial charge in [0.15, 0.2) is 0 Å². The van der Waals surface area contributed by atoms with Crippen LogP contribution in [0.2, 0.25) is 0 Å². The van der Waals surface area contributed by atoms with Gasteiger partial charge in [-0.1, -0.05) is 20.0 Å². The number of hydrogen-bond acceptors (Lipinski definition) is 6. The zero-order chi connectivity index (χ0) is 9.14. The van der Waals surface area contributed by atoms with Gasteiger partial charge in [-0.2, -0.15) is 0 Å². The molecule has 1 fully saturated rings. The van der Waals surface area contributed by atoms with Gasteiger partial charge >= 0.3 is 0 Å². The molecule has 72 valence electrons. The SMILES string of the molecule is CC(C)N1OON(C(C)C)OO1. The van der Waals surface area contributed by atoms with E-state index in [9.17, 15) is 0 Å². The highest BCUT2D eigenvalue weighted by Crippen LogP contribution is 2.13. The van der Waals surface area contributed by atoms with E-state index < -0.39 is 0 Å². The normalized spacial score (nSPS) is 22.5. The molecule has 12 heavy (non-hydrogen) atoms. The monoisotopic (exact) mass is 178 g/mol. The molecule has 0 aliphatic carbocycles. The van der Waals surface area contributed by atoms with E-state index in [0.717, 1.165) is 10.5 Å². The Hall–Kier alpha value is -0.240. The number of hydroxylamine groups is 4. The number of nitrogens with zero attached hydrogens (tertiary/aromatic N) is 2. The number of rotatable bonds is 2. The van der Waals surface area contributed by atoms with E-state index in [-0.39, 0.29) is 12.1 Å². The second-order valence-corrected chi connectivity index (χ2v) is 3.06. The molecule has 0 radical (unpaired) electrons. The van der Waals surface area contributed by atoms with Gasteiger partial charge in [0.25, 0.3) is 0 Å². The van der Waals surface area contributed by atoms with Crippen LogP contribution in [0.5, 0.6) is 0 Å². The molecule has 1 rings (SSSR count). The maximum atomic E-state index is 4.73. The minimum absolute atomic E-state index is 0.0271. The highest BCUT2D eigenvalue weighted by molar-refractivity contribution is 4.39. The second kappa shape index (κ2) is 4.13. The van der Waals surface area contributed by atoms with Crippen molar-refractivity contribution in [2.45, 2.75) is 39.8 Å². The van der Waals surface area contributed by atoms with Crippen molar-refractivity contribution < 1.29 is 20.0 Å². The van der Waals surface area contributed by atoms with Gasteiger partial charge in [0.05, 0.1) is 12.1 Å². The first-order chi connectivity index (χ1) is 5.61. The third kappa shape index (κ3) is 2.37. The van der Waals surface area contributed by atoms with Crippen LogP contribution in [-0.2, 0) is 20.0 Å². The van der Waals surface area contributed by atoms with E-state index in [4.69, 9.17) is 20.0 Å². The lowest BCUT2D eigenvalue weighted by molar-refractivity contribution is -0.789. The molecular weight excluding hydrogens is 164 g/mol. The summed E-state index contributed by atoms with van der Waals surface area (Å²) in [5.74, 6) is 0. The molecule has 1 aliphatic heterocycles. The summed E-state index contributed by atoms with van der Waals surface area (Å²) < 4.78 is 0. The second-order valence-electron chi connectivity index (χ2n) is 3.06. The molecule has 1 heterocycles. The first-order valence-corrected chi connectivity index (χ1v) is 3.89. The summed E-state index contributed by atoms with van der Waals surface area (Å²) in [7, 11) is 0. The van der Waals surface area contributed by atoms with Crippen LogP contribution in [0, 0.1) is 0 Å². The topological polar surface area (TPSA) is 43.4 Å². The van der Waals surface area contributed by atoms with Crippen molar-refractivity contribution in [2.24, 2.45) is 0 Å². The van der Waals surface area contributed by atoms with Gasteiger partial charge in [-0.15, -0.1) is 0 Å². The smallest absolute Gasteiger partial charge is 0.0634 e. The summed E-state index contributed by atoms with van der Waals surface area (Å²) >= 11 is 0. The summed E-state index contributed by atoms with van der Waals surface area (Å²) in [5.41, 5.74) is 0. The lowest BCUT2D eigenvalue weighted by Gasteiger charge is -2.31. The van der Waals surface area contributed by atoms with Gasteiger partial charge in [-0.05, 0) is 27.7 Å². The lowest BCUT2D eigenvalue weighted by Crippen LogP contribution is -2.45. The third-order valence-electron chi connectivity index (χ3n) is 1.20. The van der Waals surface area contributed by atoms with Crippen LogP contribution in [-0.4, -0.2) is 22.5 Å². The zero-order valence-electron chi connectivity index (χ0n) is 7.68. The van der Waals surface area contributed by atoms with E-state index in [1.807, 2.05) is 27.7 Å². The van der Waals surface area contributed by atoms with Crippen LogP contribution in [0.3, 0.4) is 0 Å². The minimum atomic E-state index is 0.0271. The van der Waals surface area contributed by atoms with Gasteiger partial charge in [0.1, 0.15) is 0 Å².